The van der Waals surface area contributed by atoms with E-state index in [4.69, 9.17) is 0 Å². The Bertz CT molecular complexity index is 490. The smallest absolute Gasteiger partial charge is 0.0481 e. The van der Waals surface area contributed by atoms with Gasteiger partial charge in [-0.25, -0.2) is 0 Å². The van der Waals surface area contributed by atoms with Gasteiger partial charge in [-0.3, -0.25) is 0 Å². The molecular formula is C14H17BrN2. The molecule has 3 heteroatoms. The lowest BCUT2D eigenvalue weighted by Crippen LogP contribution is -2.11. The van der Waals surface area contributed by atoms with Gasteiger partial charge in [-0.05, 0) is 37.2 Å². The summed E-state index contributed by atoms with van der Waals surface area (Å²) in [7, 11) is 1.98. The third-order valence-electron chi connectivity index (χ3n) is 3.02. The van der Waals surface area contributed by atoms with E-state index in [1.165, 1.54) is 11.1 Å². The van der Waals surface area contributed by atoms with Gasteiger partial charge in [0.2, 0.25) is 0 Å². The first-order chi connectivity index (χ1) is 8.20. The molecule has 1 aromatic carbocycles. The molecule has 2 nitrogen and oxygen atoms in total. The molecule has 0 aliphatic carbocycles. The van der Waals surface area contributed by atoms with Crippen molar-refractivity contribution in [1.82, 2.24) is 9.88 Å². The Morgan fingerprint density at radius 2 is 2.06 bits per heavy atom. The fourth-order valence-electron chi connectivity index (χ4n) is 1.80. The van der Waals surface area contributed by atoms with Gasteiger partial charge in [0.25, 0.3) is 0 Å². The standard InChI is InChI=1S/C14H17BrN2/c1-11(16-2)12-7-8-17(9-12)10-13-5-3-4-6-14(13)15/h3-9,11,16H,10H2,1-2H3. The average Bonchev–Trinajstić information content (AvgIpc) is 2.80. The Labute approximate surface area is 111 Å². The molecule has 2 aromatic rings. The van der Waals surface area contributed by atoms with Crippen LogP contribution in [-0.2, 0) is 6.54 Å². The molecule has 1 atom stereocenters. The molecule has 0 saturated carbocycles. The van der Waals surface area contributed by atoms with Crippen molar-refractivity contribution < 1.29 is 0 Å². The van der Waals surface area contributed by atoms with Crippen LogP contribution >= 0.6 is 15.9 Å². The van der Waals surface area contributed by atoms with Crippen molar-refractivity contribution in [3.63, 3.8) is 0 Å². The molecule has 1 unspecified atom stereocenters. The molecular weight excluding hydrogens is 276 g/mol. The van der Waals surface area contributed by atoms with Gasteiger partial charge in [-0.15, -0.1) is 0 Å². The summed E-state index contributed by atoms with van der Waals surface area (Å²) in [5.41, 5.74) is 2.62. The summed E-state index contributed by atoms with van der Waals surface area (Å²) < 4.78 is 3.38. The highest BCUT2D eigenvalue weighted by molar-refractivity contribution is 9.10. The normalized spacial score (nSPS) is 12.6. The maximum atomic E-state index is 3.58. The SMILES string of the molecule is CNC(C)c1ccn(Cc2ccccc2Br)c1. The number of hydrogen-bond acceptors (Lipinski definition) is 1. The summed E-state index contributed by atoms with van der Waals surface area (Å²) >= 11 is 3.58. The molecule has 1 aromatic heterocycles. The van der Waals surface area contributed by atoms with E-state index in [9.17, 15) is 0 Å². The van der Waals surface area contributed by atoms with E-state index < -0.39 is 0 Å². The zero-order valence-corrected chi connectivity index (χ0v) is 11.7. The van der Waals surface area contributed by atoms with E-state index in [0.29, 0.717) is 6.04 Å². The molecule has 0 bridgehead atoms. The summed E-state index contributed by atoms with van der Waals surface area (Å²) in [5, 5.41) is 3.25. The van der Waals surface area contributed by atoms with Crippen LogP contribution in [0, 0.1) is 0 Å². The second-order valence-electron chi connectivity index (χ2n) is 4.22. The lowest BCUT2D eigenvalue weighted by atomic mass is 10.2. The minimum atomic E-state index is 0.399. The topological polar surface area (TPSA) is 17.0 Å². The monoisotopic (exact) mass is 292 g/mol. The number of halogens is 1. The number of rotatable bonds is 4. The summed E-state index contributed by atoms with van der Waals surface area (Å²) in [5.74, 6) is 0. The molecule has 0 amide bonds. The highest BCUT2D eigenvalue weighted by Crippen LogP contribution is 2.18. The number of hydrogen-bond donors (Lipinski definition) is 1. The first-order valence-corrected chi connectivity index (χ1v) is 6.56. The van der Waals surface area contributed by atoms with Crippen molar-refractivity contribution in [1.29, 1.82) is 0 Å². The zero-order valence-electron chi connectivity index (χ0n) is 10.2. The Morgan fingerprint density at radius 3 is 2.76 bits per heavy atom. The van der Waals surface area contributed by atoms with Crippen molar-refractivity contribution in [2.75, 3.05) is 7.05 Å². The molecule has 0 spiro atoms. The number of aromatic nitrogens is 1. The number of benzene rings is 1. The number of nitrogens with zero attached hydrogens (tertiary/aromatic N) is 1. The molecule has 1 N–H and O–H groups in total. The predicted octanol–water partition coefficient (Wildman–Crippen LogP) is 3.58. The van der Waals surface area contributed by atoms with Gasteiger partial charge < -0.3 is 9.88 Å². The molecule has 0 aliphatic rings. The lowest BCUT2D eigenvalue weighted by Gasteiger charge is -2.08. The van der Waals surface area contributed by atoms with Gasteiger partial charge >= 0.3 is 0 Å². The third kappa shape index (κ3) is 2.99. The Kier molecular flexibility index (Phi) is 4.02. The number of nitrogens with one attached hydrogen (secondary N) is 1. The summed E-state index contributed by atoms with van der Waals surface area (Å²) in [4.78, 5) is 0. The van der Waals surface area contributed by atoms with E-state index in [-0.39, 0.29) is 0 Å². The van der Waals surface area contributed by atoms with Crippen LogP contribution in [-0.4, -0.2) is 11.6 Å². The molecule has 0 aliphatic heterocycles. The van der Waals surface area contributed by atoms with Gasteiger partial charge in [-0.2, -0.15) is 0 Å². The van der Waals surface area contributed by atoms with Crippen molar-refractivity contribution in [3.8, 4) is 0 Å². The minimum Gasteiger partial charge on any atom is -0.350 e. The Balaban J connectivity index is 2.14. The molecule has 0 radical (unpaired) electrons. The third-order valence-corrected chi connectivity index (χ3v) is 3.79. The molecule has 1 heterocycles. The fourth-order valence-corrected chi connectivity index (χ4v) is 2.21. The van der Waals surface area contributed by atoms with E-state index in [1.807, 2.05) is 13.1 Å². The van der Waals surface area contributed by atoms with E-state index in [2.05, 4.69) is 69.4 Å². The van der Waals surface area contributed by atoms with Crippen LogP contribution in [0.15, 0.2) is 47.2 Å². The highest BCUT2D eigenvalue weighted by atomic mass is 79.9. The molecule has 0 fully saturated rings. The van der Waals surface area contributed by atoms with Crippen LogP contribution in [0.25, 0.3) is 0 Å². The second-order valence-corrected chi connectivity index (χ2v) is 5.07. The second kappa shape index (κ2) is 5.52. The zero-order chi connectivity index (χ0) is 12.3. The molecule has 0 saturated heterocycles. The van der Waals surface area contributed by atoms with E-state index in [1.54, 1.807) is 0 Å². The molecule has 17 heavy (non-hydrogen) atoms. The predicted molar refractivity (Wildman–Crippen MR) is 75.2 cm³/mol. The maximum absolute atomic E-state index is 3.58. The maximum Gasteiger partial charge on any atom is 0.0481 e. The Morgan fingerprint density at radius 1 is 1.29 bits per heavy atom. The summed E-state index contributed by atoms with van der Waals surface area (Å²) in [6.07, 6.45) is 4.32. The van der Waals surface area contributed by atoms with Gasteiger partial charge in [0.1, 0.15) is 0 Å². The first-order valence-electron chi connectivity index (χ1n) is 5.77. The van der Waals surface area contributed by atoms with Crippen LogP contribution in [0.5, 0.6) is 0 Å². The van der Waals surface area contributed by atoms with Crippen LogP contribution in [0.3, 0.4) is 0 Å². The van der Waals surface area contributed by atoms with Crippen molar-refractivity contribution >= 4 is 15.9 Å². The average molecular weight is 293 g/mol. The first kappa shape index (κ1) is 12.4. The van der Waals surface area contributed by atoms with E-state index >= 15 is 0 Å². The largest absolute Gasteiger partial charge is 0.350 e. The molecule has 90 valence electrons. The van der Waals surface area contributed by atoms with Gasteiger partial charge in [0, 0.05) is 29.5 Å². The van der Waals surface area contributed by atoms with Gasteiger partial charge in [0.15, 0.2) is 0 Å². The summed E-state index contributed by atoms with van der Waals surface area (Å²) in [6.45, 7) is 3.07. The lowest BCUT2D eigenvalue weighted by molar-refractivity contribution is 0.649. The minimum absolute atomic E-state index is 0.399. The summed E-state index contributed by atoms with van der Waals surface area (Å²) in [6, 6.07) is 10.9. The van der Waals surface area contributed by atoms with Crippen LogP contribution in [0.1, 0.15) is 24.1 Å². The highest BCUT2D eigenvalue weighted by Gasteiger charge is 2.05. The van der Waals surface area contributed by atoms with Crippen molar-refractivity contribution in [3.05, 3.63) is 58.3 Å². The van der Waals surface area contributed by atoms with Crippen molar-refractivity contribution in [2.24, 2.45) is 0 Å². The van der Waals surface area contributed by atoms with Gasteiger partial charge in [-0.1, -0.05) is 34.1 Å². The van der Waals surface area contributed by atoms with Gasteiger partial charge in [0.05, 0.1) is 0 Å². The Hall–Kier alpha value is -1.06. The van der Waals surface area contributed by atoms with Crippen LogP contribution < -0.4 is 5.32 Å². The van der Waals surface area contributed by atoms with Crippen LogP contribution in [0.4, 0.5) is 0 Å². The van der Waals surface area contributed by atoms with E-state index in [0.717, 1.165) is 11.0 Å². The van der Waals surface area contributed by atoms with Crippen LogP contribution in [0.2, 0.25) is 0 Å². The fraction of sp³-hybridized carbons (Fsp3) is 0.286. The quantitative estimate of drug-likeness (QED) is 0.911. The van der Waals surface area contributed by atoms with Crippen molar-refractivity contribution in [2.45, 2.75) is 19.5 Å². The molecule has 2 rings (SSSR count).